The normalized spacial score (nSPS) is 10.4. The van der Waals surface area contributed by atoms with E-state index in [1.165, 1.54) is 0 Å². The molecule has 2 amide bonds. The number of amides is 2. The van der Waals surface area contributed by atoms with Gasteiger partial charge in [-0.2, -0.15) is 0 Å². The number of hydrogen-bond donors (Lipinski definition) is 2. The number of benzene rings is 2. The fourth-order valence-corrected chi connectivity index (χ4v) is 2.77. The third-order valence-corrected chi connectivity index (χ3v) is 4.22. The summed E-state index contributed by atoms with van der Waals surface area (Å²) in [4.78, 5) is 28.0. The summed E-state index contributed by atoms with van der Waals surface area (Å²) in [5.74, 6) is 0.619. The van der Waals surface area contributed by atoms with E-state index in [0.717, 1.165) is 5.56 Å². The lowest BCUT2D eigenvalue weighted by atomic mass is 10.2. The fraction of sp³-hybridized carbons (Fsp3) is 0.150. The summed E-state index contributed by atoms with van der Waals surface area (Å²) in [5, 5.41) is 5.89. The minimum Gasteiger partial charge on any atom is -0.441 e. The van der Waals surface area contributed by atoms with Crippen LogP contribution in [-0.2, 0) is 11.2 Å². The molecule has 0 aliphatic carbocycles. The molecular weight excluding hydrogens is 366 g/mol. The Balaban J connectivity index is 1.59. The van der Waals surface area contributed by atoms with Crippen molar-refractivity contribution >= 4 is 29.1 Å². The Hall–Kier alpha value is -3.12. The lowest BCUT2D eigenvalue weighted by molar-refractivity contribution is -0.116. The molecule has 0 saturated carbocycles. The number of rotatable bonds is 6. The van der Waals surface area contributed by atoms with E-state index in [4.69, 9.17) is 16.0 Å². The topological polar surface area (TPSA) is 84.2 Å². The second-order valence-electron chi connectivity index (χ2n) is 5.81. The first-order chi connectivity index (χ1) is 13.1. The first kappa shape index (κ1) is 18.7. The Kier molecular flexibility index (Phi) is 5.88. The number of carbonyl (C=O) groups is 2. The number of aromatic nitrogens is 1. The molecule has 0 aliphatic heterocycles. The molecule has 3 rings (SSSR count). The van der Waals surface area contributed by atoms with Crippen LogP contribution in [0.5, 0.6) is 0 Å². The summed E-state index contributed by atoms with van der Waals surface area (Å²) in [6.45, 7) is 0. The van der Waals surface area contributed by atoms with Crippen molar-refractivity contribution in [3.05, 3.63) is 71.2 Å². The summed E-state index contributed by atoms with van der Waals surface area (Å²) in [5.41, 5.74) is 1.80. The van der Waals surface area contributed by atoms with Crippen LogP contribution in [0.3, 0.4) is 0 Å². The Morgan fingerprint density at radius 1 is 1.15 bits per heavy atom. The van der Waals surface area contributed by atoms with Gasteiger partial charge in [-0.25, -0.2) is 4.98 Å². The van der Waals surface area contributed by atoms with Crippen molar-refractivity contribution in [1.82, 2.24) is 10.3 Å². The molecule has 2 N–H and O–H groups in total. The summed E-state index contributed by atoms with van der Waals surface area (Å²) < 4.78 is 5.69. The molecule has 2 aromatic carbocycles. The van der Waals surface area contributed by atoms with Crippen molar-refractivity contribution in [3.8, 4) is 11.3 Å². The van der Waals surface area contributed by atoms with Crippen LogP contribution in [0.2, 0.25) is 5.02 Å². The Bertz CT molecular complexity index is 968. The highest BCUT2D eigenvalue weighted by atomic mass is 35.5. The molecule has 0 unspecified atom stereocenters. The third-order valence-electron chi connectivity index (χ3n) is 3.89. The molecular formula is C20H18ClN3O3. The SMILES string of the molecule is CNC(=O)c1cccc(NC(=O)CCc2ncc(-c3ccccc3Cl)o2)c1. The molecule has 0 aliphatic rings. The molecule has 0 spiro atoms. The van der Waals surface area contributed by atoms with Gasteiger partial charge in [-0.05, 0) is 30.3 Å². The first-order valence-corrected chi connectivity index (χ1v) is 8.76. The van der Waals surface area contributed by atoms with Crippen molar-refractivity contribution in [1.29, 1.82) is 0 Å². The molecule has 0 bridgehead atoms. The molecule has 0 saturated heterocycles. The quantitative estimate of drug-likeness (QED) is 0.675. The summed E-state index contributed by atoms with van der Waals surface area (Å²) in [6.07, 6.45) is 2.15. The standard InChI is InChI=1S/C20H18ClN3O3/c1-22-20(26)13-5-4-6-14(11-13)24-18(25)9-10-19-23-12-17(27-19)15-7-2-3-8-16(15)21/h2-8,11-12H,9-10H2,1H3,(H,22,26)(H,24,25). The Morgan fingerprint density at radius 3 is 2.74 bits per heavy atom. The predicted molar refractivity (Wildman–Crippen MR) is 104 cm³/mol. The van der Waals surface area contributed by atoms with E-state index in [2.05, 4.69) is 15.6 Å². The van der Waals surface area contributed by atoms with Crippen LogP contribution >= 0.6 is 11.6 Å². The van der Waals surface area contributed by atoms with Crippen LogP contribution in [0.15, 0.2) is 59.1 Å². The molecule has 3 aromatic rings. The zero-order valence-electron chi connectivity index (χ0n) is 14.7. The third kappa shape index (κ3) is 4.74. The molecule has 6 nitrogen and oxygen atoms in total. The summed E-state index contributed by atoms with van der Waals surface area (Å²) in [7, 11) is 1.56. The minimum atomic E-state index is -0.210. The minimum absolute atomic E-state index is 0.193. The summed E-state index contributed by atoms with van der Waals surface area (Å²) in [6, 6.07) is 14.1. The molecule has 0 radical (unpaired) electrons. The van der Waals surface area contributed by atoms with Crippen molar-refractivity contribution < 1.29 is 14.0 Å². The molecule has 0 atom stereocenters. The van der Waals surface area contributed by atoms with E-state index in [0.29, 0.717) is 34.3 Å². The number of oxazole rings is 1. The first-order valence-electron chi connectivity index (χ1n) is 8.38. The van der Waals surface area contributed by atoms with E-state index in [-0.39, 0.29) is 18.2 Å². The second kappa shape index (κ2) is 8.51. The van der Waals surface area contributed by atoms with Gasteiger partial charge >= 0.3 is 0 Å². The van der Waals surface area contributed by atoms with Gasteiger partial charge in [0.2, 0.25) is 5.91 Å². The highest BCUT2D eigenvalue weighted by Gasteiger charge is 2.12. The van der Waals surface area contributed by atoms with Gasteiger partial charge in [0, 0.05) is 36.7 Å². The van der Waals surface area contributed by atoms with Crippen LogP contribution in [0, 0.1) is 0 Å². The van der Waals surface area contributed by atoms with Crippen LogP contribution in [-0.4, -0.2) is 23.8 Å². The molecule has 27 heavy (non-hydrogen) atoms. The maximum Gasteiger partial charge on any atom is 0.251 e. The molecule has 1 aromatic heterocycles. The van der Waals surface area contributed by atoms with Gasteiger partial charge in [0.1, 0.15) is 0 Å². The number of hydrogen-bond acceptors (Lipinski definition) is 4. The number of halogens is 1. The van der Waals surface area contributed by atoms with Gasteiger partial charge in [0.25, 0.3) is 5.91 Å². The zero-order valence-corrected chi connectivity index (χ0v) is 15.4. The lowest BCUT2D eigenvalue weighted by Crippen LogP contribution is -2.18. The van der Waals surface area contributed by atoms with Crippen molar-refractivity contribution in [2.45, 2.75) is 12.8 Å². The second-order valence-corrected chi connectivity index (χ2v) is 6.21. The summed E-state index contributed by atoms with van der Waals surface area (Å²) >= 11 is 6.15. The van der Waals surface area contributed by atoms with Crippen LogP contribution in [0.25, 0.3) is 11.3 Å². The van der Waals surface area contributed by atoms with Gasteiger partial charge in [0.15, 0.2) is 11.7 Å². The smallest absolute Gasteiger partial charge is 0.251 e. The van der Waals surface area contributed by atoms with Gasteiger partial charge in [-0.3, -0.25) is 9.59 Å². The molecule has 138 valence electrons. The number of anilines is 1. The predicted octanol–water partition coefficient (Wildman–Crippen LogP) is 3.93. The fourth-order valence-electron chi connectivity index (χ4n) is 2.54. The number of carbonyl (C=O) groups excluding carboxylic acids is 2. The van der Waals surface area contributed by atoms with E-state index in [9.17, 15) is 9.59 Å². The van der Waals surface area contributed by atoms with E-state index < -0.39 is 0 Å². The average molecular weight is 384 g/mol. The zero-order chi connectivity index (χ0) is 19.2. The molecule has 1 heterocycles. The van der Waals surface area contributed by atoms with Crippen LogP contribution in [0.1, 0.15) is 22.7 Å². The van der Waals surface area contributed by atoms with Gasteiger partial charge in [-0.15, -0.1) is 0 Å². The highest BCUT2D eigenvalue weighted by molar-refractivity contribution is 6.33. The van der Waals surface area contributed by atoms with E-state index in [1.807, 2.05) is 18.2 Å². The van der Waals surface area contributed by atoms with Gasteiger partial charge in [0.05, 0.1) is 11.2 Å². The molecule has 7 heteroatoms. The number of aryl methyl sites for hydroxylation is 1. The van der Waals surface area contributed by atoms with Crippen molar-refractivity contribution in [3.63, 3.8) is 0 Å². The maximum atomic E-state index is 12.2. The number of nitrogens with zero attached hydrogens (tertiary/aromatic N) is 1. The Labute approximate surface area is 161 Å². The largest absolute Gasteiger partial charge is 0.441 e. The van der Waals surface area contributed by atoms with Crippen molar-refractivity contribution in [2.24, 2.45) is 0 Å². The van der Waals surface area contributed by atoms with Crippen molar-refractivity contribution in [2.75, 3.05) is 12.4 Å². The monoisotopic (exact) mass is 383 g/mol. The average Bonchev–Trinajstić information content (AvgIpc) is 3.15. The van der Waals surface area contributed by atoms with Crippen LogP contribution in [0.4, 0.5) is 5.69 Å². The van der Waals surface area contributed by atoms with Crippen LogP contribution < -0.4 is 10.6 Å². The number of nitrogens with one attached hydrogen (secondary N) is 2. The maximum absolute atomic E-state index is 12.2. The van der Waals surface area contributed by atoms with Gasteiger partial charge in [-0.1, -0.05) is 29.8 Å². The van der Waals surface area contributed by atoms with E-state index in [1.54, 1.807) is 43.6 Å². The lowest BCUT2D eigenvalue weighted by Gasteiger charge is -2.06. The van der Waals surface area contributed by atoms with Gasteiger partial charge < -0.3 is 15.1 Å². The Morgan fingerprint density at radius 2 is 1.96 bits per heavy atom. The van der Waals surface area contributed by atoms with E-state index >= 15 is 0 Å². The highest BCUT2D eigenvalue weighted by Crippen LogP contribution is 2.28. The molecule has 0 fully saturated rings.